The number of primary amides is 1. The average Bonchev–Trinajstić information content (AvgIpc) is 2.90. The van der Waals surface area contributed by atoms with Crippen molar-refractivity contribution in [1.82, 2.24) is 4.90 Å². The molecule has 1 saturated carbocycles. The zero-order valence-electron chi connectivity index (χ0n) is 23.4. The maximum atomic E-state index is 14.1. The van der Waals surface area contributed by atoms with Crippen LogP contribution < -0.4 is 15.4 Å². The number of ketones is 2. The number of likely N-dealkylation sites (N-methyl/N-ethyl adjacent to an activating group) is 1. The van der Waals surface area contributed by atoms with Crippen LogP contribution in [0.4, 0.5) is 5.69 Å². The minimum Gasteiger partial charge on any atom is -0.508 e. The Kier molecular flexibility index (Phi) is 6.62. The van der Waals surface area contributed by atoms with Gasteiger partial charge in [-0.3, -0.25) is 19.3 Å². The van der Waals surface area contributed by atoms with E-state index in [-0.39, 0.29) is 29.7 Å². The lowest BCUT2D eigenvalue weighted by atomic mass is 9.57. The molecule has 5 rings (SSSR count). The summed E-state index contributed by atoms with van der Waals surface area (Å²) in [6.45, 7) is 0. The molecule has 4 atom stereocenters. The average molecular weight is 564 g/mol. The molecule has 1 fully saturated rings. The number of hydrogen-bond acceptors (Lipinski definition) is 10. The molecule has 0 unspecified atom stereocenters. The van der Waals surface area contributed by atoms with Gasteiger partial charge in [-0.2, -0.15) is 0 Å². The van der Waals surface area contributed by atoms with Gasteiger partial charge in [0.15, 0.2) is 11.4 Å². The molecule has 2 aromatic rings. The Balaban J connectivity index is 1.76. The van der Waals surface area contributed by atoms with E-state index in [2.05, 4.69) is 0 Å². The summed E-state index contributed by atoms with van der Waals surface area (Å²) in [5.74, 6) is -6.16. The van der Waals surface area contributed by atoms with Gasteiger partial charge in [0.1, 0.15) is 28.6 Å². The molecule has 0 heterocycles. The summed E-state index contributed by atoms with van der Waals surface area (Å²) in [4.78, 5) is 42.8. The minimum absolute atomic E-state index is 0.0274. The van der Waals surface area contributed by atoms with Gasteiger partial charge in [-0.05, 0) is 62.2 Å². The second kappa shape index (κ2) is 9.64. The Labute approximate surface area is 236 Å². The Bertz CT molecular complexity index is 1560. The second-order valence-electron chi connectivity index (χ2n) is 11.2. The van der Waals surface area contributed by atoms with Crippen LogP contribution in [-0.2, 0) is 20.8 Å². The number of aliphatic hydroxyl groups excluding tert-OH is 2. The SMILES string of the molecule is COc1ccc(-c2cc(N(C)C)c3c(c2O)C(O)=C2C(=O)[C@@]4(O)C(O)=C(C(N)=O)C(=O)[C@H](N(C)C)[C@H]4C[C@H]2C3)cc1. The fourth-order valence-electron chi connectivity index (χ4n) is 6.68. The van der Waals surface area contributed by atoms with Crippen molar-refractivity contribution in [1.29, 1.82) is 0 Å². The van der Waals surface area contributed by atoms with Gasteiger partial charge in [0.05, 0.1) is 18.7 Å². The smallest absolute Gasteiger partial charge is 0.255 e. The molecule has 1 amide bonds. The Morgan fingerprint density at radius 3 is 2.24 bits per heavy atom. The van der Waals surface area contributed by atoms with Gasteiger partial charge in [-0.1, -0.05) is 12.1 Å². The normalized spacial score (nSPS) is 25.6. The van der Waals surface area contributed by atoms with E-state index in [9.17, 15) is 34.8 Å². The second-order valence-corrected chi connectivity index (χ2v) is 11.2. The van der Waals surface area contributed by atoms with Crippen molar-refractivity contribution < 1.29 is 39.5 Å². The molecule has 0 radical (unpaired) electrons. The number of rotatable bonds is 5. The third-order valence-corrected chi connectivity index (χ3v) is 8.58. The number of anilines is 1. The lowest BCUT2D eigenvalue weighted by Gasteiger charge is -2.50. The summed E-state index contributed by atoms with van der Waals surface area (Å²) in [5, 5.41) is 46.0. The lowest BCUT2D eigenvalue weighted by Crippen LogP contribution is -2.65. The van der Waals surface area contributed by atoms with Crippen LogP contribution in [0.25, 0.3) is 16.9 Å². The molecule has 0 aromatic heterocycles. The van der Waals surface area contributed by atoms with Crippen LogP contribution in [0.3, 0.4) is 0 Å². The molecule has 0 saturated heterocycles. The largest absolute Gasteiger partial charge is 0.508 e. The Morgan fingerprint density at radius 2 is 1.71 bits per heavy atom. The van der Waals surface area contributed by atoms with Gasteiger partial charge in [0.25, 0.3) is 5.91 Å². The topological polar surface area (TPSA) is 174 Å². The number of phenolic OH excluding ortho intramolecular Hbond substituents is 1. The highest BCUT2D eigenvalue weighted by molar-refractivity contribution is 6.24. The number of benzene rings is 2. The number of nitrogens with zero attached hydrogens (tertiary/aromatic N) is 2. The molecule has 2 aromatic carbocycles. The van der Waals surface area contributed by atoms with Crippen LogP contribution in [0.1, 0.15) is 17.5 Å². The molecule has 216 valence electrons. The molecule has 3 aliphatic rings. The molecule has 0 aliphatic heterocycles. The van der Waals surface area contributed by atoms with Crippen molar-refractivity contribution in [2.24, 2.45) is 17.6 Å². The van der Waals surface area contributed by atoms with Crippen molar-refractivity contribution in [3.8, 4) is 22.6 Å². The molecular weight excluding hydrogens is 530 g/mol. The molecule has 0 bridgehead atoms. The number of nitrogens with two attached hydrogens (primary N) is 1. The van der Waals surface area contributed by atoms with Crippen LogP contribution in [0.15, 0.2) is 47.2 Å². The van der Waals surface area contributed by atoms with Crippen molar-refractivity contribution in [2.45, 2.75) is 24.5 Å². The first kappa shape index (κ1) is 28.2. The molecule has 0 spiro atoms. The quantitative estimate of drug-likeness (QED) is 0.337. The van der Waals surface area contributed by atoms with E-state index >= 15 is 0 Å². The van der Waals surface area contributed by atoms with Gasteiger partial charge in [0.2, 0.25) is 5.78 Å². The van der Waals surface area contributed by atoms with Crippen molar-refractivity contribution >= 4 is 28.9 Å². The molecular formula is C30H33N3O8. The number of methoxy groups -OCH3 is 1. The zero-order valence-corrected chi connectivity index (χ0v) is 23.4. The molecule has 11 heteroatoms. The number of hydrogen-bond donors (Lipinski definition) is 5. The number of Topliss-reactive ketones (excluding diaryl/α,β-unsaturated/α-hetero) is 2. The molecule has 41 heavy (non-hydrogen) atoms. The van der Waals surface area contributed by atoms with Crippen molar-refractivity contribution in [2.75, 3.05) is 40.2 Å². The first-order valence-electron chi connectivity index (χ1n) is 13.1. The van der Waals surface area contributed by atoms with Crippen LogP contribution >= 0.6 is 0 Å². The maximum Gasteiger partial charge on any atom is 0.255 e. The number of amides is 1. The summed E-state index contributed by atoms with van der Waals surface area (Å²) in [6, 6.07) is 7.64. The monoisotopic (exact) mass is 563 g/mol. The minimum atomic E-state index is -2.68. The van der Waals surface area contributed by atoms with Crippen LogP contribution in [-0.4, -0.2) is 89.7 Å². The predicted molar refractivity (Wildman–Crippen MR) is 151 cm³/mol. The van der Waals surface area contributed by atoms with E-state index in [1.165, 1.54) is 12.0 Å². The predicted octanol–water partition coefficient (Wildman–Crippen LogP) is 1.71. The molecule has 11 nitrogen and oxygen atoms in total. The summed E-state index contributed by atoms with van der Waals surface area (Å²) < 4.78 is 5.23. The Hall–Kier alpha value is -4.35. The van der Waals surface area contributed by atoms with Crippen molar-refractivity contribution in [3.63, 3.8) is 0 Å². The third-order valence-electron chi connectivity index (χ3n) is 8.58. The van der Waals surface area contributed by atoms with Crippen LogP contribution in [0.5, 0.6) is 11.5 Å². The van der Waals surface area contributed by atoms with Gasteiger partial charge in [-0.25, -0.2) is 0 Å². The van der Waals surface area contributed by atoms with E-state index in [1.54, 1.807) is 44.4 Å². The van der Waals surface area contributed by atoms with Gasteiger partial charge >= 0.3 is 0 Å². The van der Waals surface area contributed by atoms with Gasteiger partial charge in [-0.15, -0.1) is 0 Å². The first-order valence-corrected chi connectivity index (χ1v) is 13.1. The Morgan fingerprint density at radius 1 is 1.07 bits per heavy atom. The van der Waals surface area contributed by atoms with E-state index in [4.69, 9.17) is 10.5 Å². The standard InChI is InChI=1S/C30H33N3O8/c1-32(2)19-12-16(13-6-8-15(41-5)9-7-13)24(34)21-17(19)10-14-11-18-23(33(3)4)26(36)22(29(31)39)28(38)30(18,40)27(37)20(14)25(21)35/h6-9,12,14,18,23,34-35,38,40H,10-11H2,1-5H3,(H2,31,39)/t14-,18-,23-,30-/m1/s1. The first-order chi connectivity index (χ1) is 19.2. The fourth-order valence-corrected chi connectivity index (χ4v) is 6.68. The van der Waals surface area contributed by atoms with Crippen LogP contribution in [0.2, 0.25) is 0 Å². The summed E-state index contributed by atoms with van der Waals surface area (Å²) in [7, 11) is 8.31. The maximum absolute atomic E-state index is 14.1. The number of phenols is 1. The third kappa shape index (κ3) is 3.91. The van der Waals surface area contributed by atoms with E-state index in [0.717, 1.165) is 0 Å². The fraction of sp³-hybridized carbons (Fsp3) is 0.367. The zero-order chi connectivity index (χ0) is 30.1. The van der Waals surface area contributed by atoms with Crippen molar-refractivity contribution in [3.05, 3.63) is 58.4 Å². The number of carbonyl (C=O) groups is 3. The number of fused-ring (bicyclic) bond motifs is 3. The highest BCUT2D eigenvalue weighted by Crippen LogP contribution is 2.54. The van der Waals surface area contributed by atoms with E-state index in [0.29, 0.717) is 28.1 Å². The number of ether oxygens (including phenoxy) is 1. The number of aromatic hydroxyl groups is 1. The highest BCUT2D eigenvalue weighted by atomic mass is 16.5. The highest BCUT2D eigenvalue weighted by Gasteiger charge is 2.64. The number of carbonyl (C=O) groups excluding carboxylic acids is 3. The van der Waals surface area contributed by atoms with Crippen LogP contribution in [0, 0.1) is 11.8 Å². The molecule has 3 aliphatic carbocycles. The number of aliphatic hydroxyl groups is 3. The summed E-state index contributed by atoms with van der Waals surface area (Å²) in [6.07, 6.45) is 0.234. The van der Waals surface area contributed by atoms with Gasteiger partial charge in [0, 0.05) is 36.8 Å². The lowest BCUT2D eigenvalue weighted by molar-refractivity contribution is -0.153. The molecule has 6 N–H and O–H groups in total. The van der Waals surface area contributed by atoms with E-state index < -0.39 is 58.0 Å². The van der Waals surface area contributed by atoms with Gasteiger partial charge < -0.3 is 35.8 Å². The summed E-state index contributed by atoms with van der Waals surface area (Å²) >= 11 is 0. The van der Waals surface area contributed by atoms with E-state index in [1.807, 2.05) is 19.0 Å². The summed E-state index contributed by atoms with van der Waals surface area (Å²) in [5.41, 5.74) is 4.04.